The number of aliphatic carboxylic acids is 4. The Hall–Kier alpha value is 4.39. The Morgan fingerprint density at radius 2 is 1.09 bits per heavy atom. The summed E-state index contributed by atoms with van der Waals surface area (Å²) in [5.41, 5.74) is 0. The molecule has 0 unspecified atom stereocenters. The van der Waals surface area contributed by atoms with E-state index in [1.807, 2.05) is 0 Å². The van der Waals surface area contributed by atoms with Crippen LogP contribution in [0.25, 0.3) is 0 Å². The summed E-state index contributed by atoms with van der Waals surface area (Å²) in [6, 6.07) is -1.70. The second-order valence-corrected chi connectivity index (χ2v) is 3.39. The van der Waals surface area contributed by atoms with E-state index >= 15 is 0 Å². The molecule has 0 aromatic rings. The third-order valence-electron chi connectivity index (χ3n) is 2.00. The fourth-order valence-electron chi connectivity index (χ4n) is 1.31. The zero-order chi connectivity index (χ0) is 14.3. The predicted octanol–water partition coefficient (Wildman–Crippen LogP) is -18.5. The van der Waals surface area contributed by atoms with Crippen LogP contribution in [0.3, 0.4) is 0 Å². The molecule has 0 spiro atoms. The molecule has 0 amide bonds. The number of carboxylic acid groups (broad SMARTS) is 4. The van der Waals surface area contributed by atoms with Gasteiger partial charge in [-0.05, 0) is 12.8 Å². The Morgan fingerprint density at radius 1 is 0.727 bits per heavy atom. The average molecular weight is 416 g/mol. The van der Waals surface area contributed by atoms with E-state index in [-0.39, 0.29) is 206 Å². The molecule has 0 heterocycles. The monoisotopic (exact) mass is 415 g/mol. The molecule has 0 rings (SSSR count). The smallest absolute Gasteiger partial charge is 0.550 e. The van der Waals surface area contributed by atoms with E-state index in [1.165, 1.54) is 0 Å². The maximum Gasteiger partial charge on any atom is 1.00 e. The van der Waals surface area contributed by atoms with Gasteiger partial charge in [0.1, 0.15) is 0 Å². The topological polar surface area (TPSA) is 164 Å². The van der Waals surface area contributed by atoms with E-state index in [1.54, 1.807) is 0 Å². The zero-order valence-corrected chi connectivity index (χ0v) is 25.6. The van der Waals surface area contributed by atoms with Crippen LogP contribution in [-0.4, -0.2) is 47.9 Å². The molecule has 0 fully saturated rings. The molecular weight excluding hydrogens is 406 g/mol. The molecule has 0 aliphatic carbocycles. The van der Waals surface area contributed by atoms with Crippen molar-refractivity contribution < 1.29 is 245 Å². The molecule has 0 N–H and O–H groups in total. The first kappa shape index (κ1) is 37.2. The van der Waals surface area contributed by atoms with E-state index in [0.717, 1.165) is 0 Å². The van der Waals surface area contributed by atoms with Crippen molar-refractivity contribution in [1.29, 1.82) is 0 Å². The van der Waals surface area contributed by atoms with Crippen molar-refractivity contribution in [1.82, 2.24) is 4.90 Å². The largest absolute Gasteiger partial charge is 1.00 e. The number of carbonyl (C=O) groups is 4. The van der Waals surface area contributed by atoms with Crippen LogP contribution in [0.4, 0.5) is 0 Å². The average Bonchev–Trinajstić information content (AvgIpc) is 2.14. The minimum Gasteiger partial charge on any atom is -0.550 e. The summed E-state index contributed by atoms with van der Waals surface area (Å²) in [5, 5.41) is 41.6. The van der Waals surface area contributed by atoms with Crippen molar-refractivity contribution in [2.75, 3.05) is 13.1 Å². The molecular formula is C9H9K4NO8. The Labute approximate surface area is 297 Å². The summed E-state index contributed by atoms with van der Waals surface area (Å²) >= 11 is 0. The maximum atomic E-state index is 10.7. The molecule has 0 aromatic carbocycles. The van der Waals surface area contributed by atoms with Gasteiger partial charge in [0, 0.05) is 19.1 Å². The van der Waals surface area contributed by atoms with Gasteiger partial charge in [-0.15, -0.1) is 0 Å². The molecule has 0 bridgehead atoms. The summed E-state index contributed by atoms with van der Waals surface area (Å²) in [7, 11) is 0. The van der Waals surface area contributed by atoms with Gasteiger partial charge in [0.2, 0.25) is 0 Å². The Balaban J connectivity index is -0.000000241. The third kappa shape index (κ3) is 20.7. The number of hydrogen-bond acceptors (Lipinski definition) is 9. The number of nitrogens with zero attached hydrogens (tertiary/aromatic N) is 1. The first-order valence-electron chi connectivity index (χ1n) is 4.78. The second kappa shape index (κ2) is 21.7. The van der Waals surface area contributed by atoms with Crippen molar-refractivity contribution in [2.45, 2.75) is 18.9 Å². The summed E-state index contributed by atoms with van der Waals surface area (Å²) < 4.78 is 0. The van der Waals surface area contributed by atoms with Gasteiger partial charge in [-0.3, -0.25) is 4.90 Å². The van der Waals surface area contributed by atoms with Crippen molar-refractivity contribution in [3.63, 3.8) is 0 Å². The van der Waals surface area contributed by atoms with Gasteiger partial charge in [-0.1, -0.05) is 0 Å². The molecule has 0 aliphatic rings. The number of rotatable bonds is 9. The number of carboxylic acids is 4. The molecule has 0 aliphatic heterocycles. The van der Waals surface area contributed by atoms with Crippen LogP contribution in [0.15, 0.2) is 0 Å². The SMILES string of the molecule is O=C([O-])CC[C@@H](C(=O)[O-])N(CC(=O)[O-])CC(=O)[O-].[K+].[K+].[K+].[K+]. The number of hydrogen-bond donors (Lipinski definition) is 0. The van der Waals surface area contributed by atoms with Gasteiger partial charge < -0.3 is 39.6 Å². The molecule has 102 valence electrons. The second-order valence-electron chi connectivity index (χ2n) is 3.39. The van der Waals surface area contributed by atoms with Crippen LogP contribution in [0.5, 0.6) is 0 Å². The van der Waals surface area contributed by atoms with E-state index in [2.05, 4.69) is 0 Å². The van der Waals surface area contributed by atoms with Crippen molar-refractivity contribution in [3.05, 3.63) is 0 Å². The van der Waals surface area contributed by atoms with Crippen LogP contribution >= 0.6 is 0 Å². The summed E-state index contributed by atoms with van der Waals surface area (Å²) in [6.45, 7) is -2.00. The Bertz CT molecular complexity index is 352. The Morgan fingerprint density at radius 3 is 1.32 bits per heavy atom. The molecule has 13 heteroatoms. The van der Waals surface area contributed by atoms with E-state index in [9.17, 15) is 39.6 Å². The van der Waals surface area contributed by atoms with E-state index < -0.39 is 55.9 Å². The van der Waals surface area contributed by atoms with Crippen LogP contribution in [0.1, 0.15) is 12.8 Å². The van der Waals surface area contributed by atoms with Crippen LogP contribution < -0.4 is 226 Å². The van der Waals surface area contributed by atoms with Crippen LogP contribution in [-0.2, 0) is 19.2 Å². The molecule has 0 saturated carbocycles. The molecule has 0 radical (unpaired) electrons. The van der Waals surface area contributed by atoms with Crippen LogP contribution in [0.2, 0.25) is 0 Å². The zero-order valence-electron chi connectivity index (χ0n) is 13.1. The quantitative estimate of drug-likeness (QED) is 0.332. The van der Waals surface area contributed by atoms with Crippen molar-refractivity contribution in [2.24, 2.45) is 0 Å². The molecule has 0 saturated heterocycles. The first-order chi connectivity index (χ1) is 8.23. The Kier molecular flexibility index (Phi) is 36.6. The van der Waals surface area contributed by atoms with Gasteiger partial charge in [0.05, 0.1) is 23.9 Å². The maximum absolute atomic E-state index is 10.7. The fourth-order valence-corrected chi connectivity index (χ4v) is 1.31. The minimum absolute atomic E-state index is 0. The summed E-state index contributed by atoms with van der Waals surface area (Å²) in [4.78, 5) is 42.1. The summed E-state index contributed by atoms with van der Waals surface area (Å²) in [6.07, 6.45) is -1.24. The predicted molar refractivity (Wildman–Crippen MR) is 44.6 cm³/mol. The molecule has 9 nitrogen and oxygen atoms in total. The third-order valence-corrected chi connectivity index (χ3v) is 2.00. The van der Waals surface area contributed by atoms with Gasteiger partial charge in [0.25, 0.3) is 0 Å². The molecule has 1 atom stereocenters. The molecule has 22 heavy (non-hydrogen) atoms. The van der Waals surface area contributed by atoms with Gasteiger partial charge in [0.15, 0.2) is 0 Å². The first-order valence-corrected chi connectivity index (χ1v) is 4.78. The summed E-state index contributed by atoms with van der Waals surface area (Å²) in [5.74, 6) is -6.77. The van der Waals surface area contributed by atoms with Gasteiger partial charge in [-0.2, -0.15) is 0 Å². The van der Waals surface area contributed by atoms with E-state index in [0.29, 0.717) is 4.90 Å². The van der Waals surface area contributed by atoms with E-state index in [4.69, 9.17) is 0 Å². The molecule has 0 aromatic heterocycles. The van der Waals surface area contributed by atoms with Crippen molar-refractivity contribution in [3.8, 4) is 0 Å². The number of carbonyl (C=O) groups excluding carboxylic acids is 4. The standard InChI is InChI=1S/C9H13NO8.4K/c11-6(12)2-1-5(9(17)18)10(3-7(13)14)4-8(15)16;;;;/h5H,1-4H2,(H,11,12)(H,13,14)(H,15,16)(H,17,18);;;;/q;4*+1/p-4/t5-;;;;/m0..../s1. The minimum atomic E-state index is -1.79. The normalized spacial score (nSPS) is 9.86. The van der Waals surface area contributed by atoms with Crippen molar-refractivity contribution >= 4 is 23.9 Å². The van der Waals surface area contributed by atoms with Gasteiger partial charge in [-0.25, -0.2) is 0 Å². The fraction of sp³-hybridized carbons (Fsp3) is 0.556. The van der Waals surface area contributed by atoms with Gasteiger partial charge >= 0.3 is 206 Å². The van der Waals surface area contributed by atoms with Crippen LogP contribution in [0, 0.1) is 0 Å².